The fourth-order valence-electron chi connectivity index (χ4n) is 0.621. The van der Waals surface area contributed by atoms with Crippen molar-refractivity contribution < 1.29 is 44.6 Å². The van der Waals surface area contributed by atoms with E-state index in [0.717, 1.165) is 0 Å². The molecule has 0 bridgehead atoms. The van der Waals surface area contributed by atoms with Gasteiger partial charge in [-0.1, -0.05) is 6.92 Å². The molecule has 0 heterocycles. The van der Waals surface area contributed by atoms with Gasteiger partial charge in [0.15, 0.2) is 0 Å². The molecule has 0 amide bonds. The van der Waals surface area contributed by atoms with Gasteiger partial charge in [-0.05, 0) is 0 Å². The van der Waals surface area contributed by atoms with E-state index < -0.39 is 30.7 Å². The first-order chi connectivity index (χ1) is 7.33. The molecule has 0 radical (unpaired) electrons. The quantitative estimate of drug-likeness (QED) is 0.691. The van der Waals surface area contributed by atoms with Crippen molar-refractivity contribution in [3.63, 3.8) is 0 Å². The van der Waals surface area contributed by atoms with Crippen molar-refractivity contribution >= 4 is 0 Å². The average Bonchev–Trinajstić information content (AvgIpc) is 2.15. The van der Waals surface area contributed by atoms with Gasteiger partial charge >= 0.3 is 24.2 Å². The van der Waals surface area contributed by atoms with Crippen LogP contribution < -0.4 is 0 Å². The molecule has 0 unspecified atom stereocenters. The van der Waals surface area contributed by atoms with Gasteiger partial charge in [0.2, 0.25) is 0 Å². The Hall–Kier alpha value is -0.640. The minimum atomic E-state index is -6.24. The van der Waals surface area contributed by atoms with Crippen LogP contribution in [0.15, 0.2) is 0 Å². The highest BCUT2D eigenvalue weighted by atomic mass is 19.4. The maximum atomic E-state index is 12.6. The Morgan fingerprint density at radius 1 is 0.824 bits per heavy atom. The molecular weight excluding hydrogens is 268 g/mol. The maximum Gasteiger partial charge on any atom is 0.433 e. The Morgan fingerprint density at radius 2 is 1.24 bits per heavy atom. The SMILES string of the molecule is CCC(F)(F)OC(F)(F)C(F)(F)C(F)(F)OC. The van der Waals surface area contributed by atoms with Crippen LogP contribution in [0.2, 0.25) is 0 Å². The first-order valence-electron chi connectivity index (χ1n) is 4.09. The van der Waals surface area contributed by atoms with Gasteiger partial charge in [-0.3, -0.25) is 4.74 Å². The lowest BCUT2D eigenvalue weighted by Crippen LogP contribution is -2.58. The maximum absolute atomic E-state index is 12.6. The van der Waals surface area contributed by atoms with Gasteiger partial charge in [0.1, 0.15) is 0 Å². The van der Waals surface area contributed by atoms with Crippen LogP contribution in [0.5, 0.6) is 0 Å². The summed E-state index contributed by atoms with van der Waals surface area (Å²) in [6, 6.07) is 0. The Labute approximate surface area is 90.5 Å². The van der Waals surface area contributed by atoms with Crippen LogP contribution in [-0.2, 0) is 9.47 Å². The van der Waals surface area contributed by atoms with Crippen LogP contribution in [0.3, 0.4) is 0 Å². The summed E-state index contributed by atoms with van der Waals surface area (Å²) in [6.07, 6.45) is -17.8. The van der Waals surface area contributed by atoms with Gasteiger partial charge in [0, 0.05) is 13.5 Å². The summed E-state index contributed by atoms with van der Waals surface area (Å²) in [5.74, 6) is -6.24. The summed E-state index contributed by atoms with van der Waals surface area (Å²) in [7, 11) is 0.0158. The first kappa shape index (κ1) is 16.4. The molecule has 0 aromatic rings. The number of alkyl halides is 8. The van der Waals surface area contributed by atoms with E-state index in [-0.39, 0.29) is 7.11 Å². The van der Waals surface area contributed by atoms with Gasteiger partial charge in [0.05, 0.1) is 0 Å². The molecule has 0 fully saturated rings. The highest BCUT2D eigenvalue weighted by Crippen LogP contribution is 2.48. The van der Waals surface area contributed by atoms with Crippen molar-refractivity contribution in [3.05, 3.63) is 0 Å². The van der Waals surface area contributed by atoms with Crippen LogP contribution in [0.25, 0.3) is 0 Å². The van der Waals surface area contributed by atoms with E-state index in [0.29, 0.717) is 6.92 Å². The van der Waals surface area contributed by atoms with Crippen molar-refractivity contribution in [1.82, 2.24) is 0 Å². The third-order valence-electron chi connectivity index (χ3n) is 1.68. The third kappa shape index (κ3) is 3.18. The molecule has 2 nitrogen and oxygen atoms in total. The molecule has 0 rings (SSSR count). The minimum Gasteiger partial charge on any atom is -0.319 e. The molecule has 10 heteroatoms. The van der Waals surface area contributed by atoms with Crippen LogP contribution >= 0.6 is 0 Å². The number of halogens is 8. The fourth-order valence-corrected chi connectivity index (χ4v) is 0.621. The fraction of sp³-hybridized carbons (Fsp3) is 1.00. The highest BCUT2D eigenvalue weighted by molar-refractivity contribution is 4.86. The van der Waals surface area contributed by atoms with Gasteiger partial charge in [-0.15, -0.1) is 0 Å². The van der Waals surface area contributed by atoms with Crippen molar-refractivity contribution in [2.24, 2.45) is 0 Å². The van der Waals surface area contributed by atoms with E-state index in [9.17, 15) is 35.1 Å². The second kappa shape index (κ2) is 4.56. The molecule has 0 saturated heterocycles. The third-order valence-corrected chi connectivity index (χ3v) is 1.68. The first-order valence-corrected chi connectivity index (χ1v) is 4.09. The summed E-state index contributed by atoms with van der Waals surface area (Å²) >= 11 is 0. The zero-order chi connectivity index (χ0) is 14.1. The molecule has 0 aliphatic heterocycles. The lowest BCUT2D eigenvalue weighted by molar-refractivity contribution is -0.485. The summed E-state index contributed by atoms with van der Waals surface area (Å²) in [6.45, 7) is 0.642. The highest BCUT2D eigenvalue weighted by Gasteiger charge is 2.75. The Morgan fingerprint density at radius 3 is 1.53 bits per heavy atom. The van der Waals surface area contributed by atoms with Crippen LogP contribution in [0.4, 0.5) is 35.1 Å². The van der Waals surface area contributed by atoms with Gasteiger partial charge in [-0.25, -0.2) is 0 Å². The van der Waals surface area contributed by atoms with Crippen LogP contribution in [-0.4, -0.2) is 31.4 Å². The summed E-state index contributed by atoms with van der Waals surface area (Å²) in [5.41, 5.74) is 0. The zero-order valence-corrected chi connectivity index (χ0v) is 8.55. The van der Waals surface area contributed by atoms with Gasteiger partial charge in [-0.2, -0.15) is 35.1 Å². The van der Waals surface area contributed by atoms with Crippen molar-refractivity contribution in [3.8, 4) is 0 Å². The number of rotatable bonds is 6. The van der Waals surface area contributed by atoms with Crippen LogP contribution in [0.1, 0.15) is 13.3 Å². The monoisotopic (exact) mass is 276 g/mol. The van der Waals surface area contributed by atoms with Gasteiger partial charge < -0.3 is 4.74 Å². The molecular formula is C7H8F8O2. The second-order valence-electron chi connectivity index (χ2n) is 2.91. The largest absolute Gasteiger partial charge is 0.433 e. The van der Waals surface area contributed by atoms with Crippen LogP contribution in [0, 0.1) is 0 Å². The minimum absolute atomic E-state index is 0.0158. The predicted molar refractivity (Wildman–Crippen MR) is 38.2 cm³/mol. The van der Waals surface area contributed by atoms with E-state index in [1.54, 1.807) is 0 Å². The van der Waals surface area contributed by atoms with E-state index in [1.165, 1.54) is 0 Å². The van der Waals surface area contributed by atoms with E-state index in [2.05, 4.69) is 9.47 Å². The number of hydrogen-bond donors (Lipinski definition) is 0. The topological polar surface area (TPSA) is 18.5 Å². The van der Waals surface area contributed by atoms with E-state index >= 15 is 0 Å². The second-order valence-corrected chi connectivity index (χ2v) is 2.91. The Balaban J connectivity index is 5.17. The molecule has 0 aliphatic carbocycles. The Kier molecular flexibility index (Phi) is 4.39. The zero-order valence-electron chi connectivity index (χ0n) is 8.55. The normalized spacial score (nSPS) is 15.2. The molecule has 0 aromatic heterocycles. The predicted octanol–water partition coefficient (Wildman–Crippen LogP) is 3.47. The van der Waals surface area contributed by atoms with Gasteiger partial charge in [0.25, 0.3) is 0 Å². The molecule has 0 saturated carbocycles. The molecule has 0 atom stereocenters. The molecule has 17 heavy (non-hydrogen) atoms. The molecule has 0 spiro atoms. The lowest BCUT2D eigenvalue weighted by Gasteiger charge is -2.32. The molecule has 0 N–H and O–H groups in total. The molecule has 0 aliphatic rings. The summed E-state index contributed by atoms with van der Waals surface area (Å²) in [5, 5.41) is 0. The molecule has 0 aromatic carbocycles. The average molecular weight is 276 g/mol. The van der Waals surface area contributed by atoms with Crippen molar-refractivity contribution in [2.45, 2.75) is 37.6 Å². The number of ether oxygens (including phenoxy) is 2. The Bertz CT molecular complexity index is 265. The number of methoxy groups -OCH3 is 1. The van der Waals surface area contributed by atoms with E-state index in [1.807, 2.05) is 0 Å². The summed E-state index contributed by atoms with van der Waals surface area (Å²) in [4.78, 5) is 0. The van der Waals surface area contributed by atoms with Crippen molar-refractivity contribution in [2.75, 3.05) is 7.11 Å². The standard InChI is InChI=1S/C7H8F8O2/c1-3-4(8,9)17-7(14,15)5(10,11)6(12,13)16-2/h3H2,1-2H3. The number of hydrogen-bond acceptors (Lipinski definition) is 2. The summed E-state index contributed by atoms with van der Waals surface area (Å²) < 4.78 is 105. The molecule has 104 valence electrons. The smallest absolute Gasteiger partial charge is 0.319 e. The lowest BCUT2D eigenvalue weighted by atomic mass is 10.3. The van der Waals surface area contributed by atoms with Crippen molar-refractivity contribution in [1.29, 1.82) is 0 Å². The van der Waals surface area contributed by atoms with E-state index in [4.69, 9.17) is 0 Å².